The molecule has 0 saturated heterocycles. The van der Waals surface area contributed by atoms with Gasteiger partial charge in [-0.15, -0.1) is 0 Å². The van der Waals surface area contributed by atoms with Crippen molar-refractivity contribution in [2.75, 3.05) is 0 Å². The molecule has 0 bridgehead atoms. The molecule has 0 aliphatic carbocycles. The second kappa shape index (κ2) is 12.7. The molecule has 13 aromatic rings. The number of nitrogens with zero attached hydrogens (tertiary/aromatic N) is 5. The van der Waals surface area contributed by atoms with Gasteiger partial charge in [0.2, 0.25) is 5.95 Å². The molecule has 0 unspecified atom stereocenters. The van der Waals surface area contributed by atoms with Gasteiger partial charge in [0.25, 0.3) is 0 Å². The SMILES string of the molecule is c1ccc(-c2nc(-c3cccc4ccccc34)nc(-n3c4ccccc4c4c5c6ccccc6c6c(c7ccccc7n6-c6ccccc6)c5c5ccccc5c43)n2)cc1. The van der Waals surface area contributed by atoms with Crippen molar-refractivity contribution in [2.45, 2.75) is 0 Å². The van der Waals surface area contributed by atoms with Crippen LogP contribution >= 0.6 is 0 Å². The van der Waals surface area contributed by atoms with Crippen LogP contribution in [0.4, 0.5) is 0 Å². The highest BCUT2D eigenvalue weighted by Crippen LogP contribution is 2.50. The van der Waals surface area contributed by atoms with Gasteiger partial charge in [0.15, 0.2) is 11.6 Å². The van der Waals surface area contributed by atoms with Crippen molar-refractivity contribution < 1.29 is 0 Å². The quantitative estimate of drug-likeness (QED) is 0.168. The third kappa shape index (κ3) is 4.60. The van der Waals surface area contributed by atoms with E-state index in [2.05, 4.69) is 191 Å². The highest BCUT2D eigenvalue weighted by Gasteiger charge is 2.27. The molecule has 3 heterocycles. The summed E-state index contributed by atoms with van der Waals surface area (Å²) in [4.78, 5) is 16.0. The molecule has 5 nitrogen and oxygen atoms in total. The van der Waals surface area contributed by atoms with Crippen LogP contribution in [0.15, 0.2) is 200 Å². The fourth-order valence-electron chi connectivity index (χ4n) is 9.87. The van der Waals surface area contributed by atoms with Crippen molar-refractivity contribution in [1.29, 1.82) is 0 Å². The first-order valence-electron chi connectivity index (χ1n) is 20.4. The number of fused-ring (bicyclic) bond motifs is 16. The Balaban J connectivity index is 1.26. The minimum absolute atomic E-state index is 0.577. The second-order valence-corrected chi connectivity index (χ2v) is 15.5. The number of para-hydroxylation sites is 3. The maximum atomic E-state index is 5.44. The maximum absolute atomic E-state index is 5.44. The summed E-state index contributed by atoms with van der Waals surface area (Å²) in [6.07, 6.45) is 0. The van der Waals surface area contributed by atoms with Crippen LogP contribution in [0.2, 0.25) is 0 Å². The van der Waals surface area contributed by atoms with Gasteiger partial charge in [-0.3, -0.25) is 4.57 Å². The number of rotatable bonds is 4. The van der Waals surface area contributed by atoms with Crippen molar-refractivity contribution in [3.8, 4) is 34.4 Å². The summed E-state index contributed by atoms with van der Waals surface area (Å²) in [6.45, 7) is 0. The smallest absolute Gasteiger partial charge is 0.238 e. The topological polar surface area (TPSA) is 48.5 Å². The molecule has 5 heteroatoms. The van der Waals surface area contributed by atoms with Crippen LogP contribution in [0.3, 0.4) is 0 Å². The summed E-state index contributed by atoms with van der Waals surface area (Å²) in [5, 5.41) is 14.2. The van der Waals surface area contributed by atoms with Gasteiger partial charge in [-0.1, -0.05) is 176 Å². The minimum Gasteiger partial charge on any atom is -0.309 e. The number of hydrogen-bond donors (Lipinski definition) is 0. The second-order valence-electron chi connectivity index (χ2n) is 15.5. The van der Waals surface area contributed by atoms with E-state index in [0.29, 0.717) is 17.6 Å². The molecule has 278 valence electrons. The number of benzene rings is 10. The van der Waals surface area contributed by atoms with Crippen molar-refractivity contribution >= 4 is 86.7 Å². The first-order valence-corrected chi connectivity index (χ1v) is 20.4. The Bertz CT molecular complexity index is 3880. The van der Waals surface area contributed by atoms with E-state index in [1.807, 2.05) is 18.2 Å². The summed E-state index contributed by atoms with van der Waals surface area (Å²) >= 11 is 0. The largest absolute Gasteiger partial charge is 0.309 e. The molecule has 0 aliphatic rings. The molecule has 60 heavy (non-hydrogen) atoms. The molecule has 0 fully saturated rings. The van der Waals surface area contributed by atoms with E-state index in [0.717, 1.165) is 49.4 Å². The van der Waals surface area contributed by atoms with Gasteiger partial charge < -0.3 is 4.57 Å². The average molecular weight is 764 g/mol. The summed E-state index contributed by atoms with van der Waals surface area (Å²) in [5.74, 6) is 1.83. The summed E-state index contributed by atoms with van der Waals surface area (Å²) < 4.78 is 4.75. The maximum Gasteiger partial charge on any atom is 0.238 e. The van der Waals surface area contributed by atoms with Crippen molar-refractivity contribution in [3.05, 3.63) is 200 Å². The van der Waals surface area contributed by atoms with Crippen molar-refractivity contribution in [3.63, 3.8) is 0 Å². The summed E-state index contributed by atoms with van der Waals surface area (Å²) in [5.41, 5.74) is 7.54. The Labute approximate surface area is 344 Å². The lowest BCUT2D eigenvalue weighted by Crippen LogP contribution is -2.07. The fourth-order valence-corrected chi connectivity index (χ4v) is 9.87. The highest BCUT2D eigenvalue weighted by atomic mass is 15.2. The third-order valence-corrected chi connectivity index (χ3v) is 12.3. The number of hydrogen-bond acceptors (Lipinski definition) is 3. The first kappa shape index (κ1) is 32.9. The molecule has 0 amide bonds. The van der Waals surface area contributed by atoms with Crippen molar-refractivity contribution in [2.24, 2.45) is 0 Å². The third-order valence-electron chi connectivity index (χ3n) is 12.3. The standard InChI is InChI=1S/C55H33N5/c1-3-19-35(20-4-1)53-56-54(42-31-17-21-34-18-7-8-24-37(34)42)58-55(57-53)60-46-33-16-14-30-44(46)50-48-38-25-9-11-27-40(38)51-49(47(48)39-26-10-12-28-41(39)52(50)60)43-29-13-15-32-45(43)59(51)36-22-5-2-6-23-36/h1-33H. The lowest BCUT2D eigenvalue weighted by Gasteiger charge is -2.16. The zero-order valence-electron chi connectivity index (χ0n) is 32.3. The summed E-state index contributed by atoms with van der Waals surface area (Å²) in [6, 6.07) is 71.3. The van der Waals surface area contributed by atoms with E-state index in [9.17, 15) is 0 Å². The first-order chi connectivity index (χ1) is 29.8. The van der Waals surface area contributed by atoms with Gasteiger partial charge in [0.1, 0.15) is 0 Å². The molecule has 3 aromatic heterocycles. The van der Waals surface area contributed by atoms with Crippen LogP contribution in [-0.4, -0.2) is 24.1 Å². The van der Waals surface area contributed by atoms with E-state index < -0.39 is 0 Å². The Morgan fingerprint density at radius 1 is 0.300 bits per heavy atom. The van der Waals surface area contributed by atoms with Gasteiger partial charge in [-0.25, -0.2) is 4.98 Å². The lowest BCUT2D eigenvalue weighted by atomic mass is 9.89. The van der Waals surface area contributed by atoms with E-state index in [1.54, 1.807) is 0 Å². The zero-order valence-corrected chi connectivity index (χ0v) is 32.3. The van der Waals surface area contributed by atoms with E-state index in [1.165, 1.54) is 54.1 Å². The van der Waals surface area contributed by atoms with Crippen LogP contribution in [0.5, 0.6) is 0 Å². The molecule has 0 spiro atoms. The molecular formula is C55H33N5. The Hall–Kier alpha value is -8.15. The predicted molar refractivity (Wildman–Crippen MR) is 249 cm³/mol. The lowest BCUT2D eigenvalue weighted by molar-refractivity contribution is 0.956. The van der Waals surface area contributed by atoms with E-state index in [-0.39, 0.29) is 0 Å². The predicted octanol–water partition coefficient (Wildman–Crippen LogP) is 14.0. The molecule has 0 aliphatic heterocycles. The molecule has 13 rings (SSSR count). The normalized spacial score (nSPS) is 12.0. The average Bonchev–Trinajstić information content (AvgIpc) is 3.86. The van der Waals surface area contributed by atoms with Crippen LogP contribution < -0.4 is 0 Å². The van der Waals surface area contributed by atoms with Gasteiger partial charge in [-0.2, -0.15) is 9.97 Å². The molecule has 0 N–H and O–H groups in total. The Kier molecular flexibility index (Phi) is 6.95. The van der Waals surface area contributed by atoms with Crippen LogP contribution in [0, 0.1) is 0 Å². The highest BCUT2D eigenvalue weighted by molar-refractivity contribution is 6.45. The fraction of sp³-hybridized carbons (Fsp3) is 0. The molecule has 10 aromatic carbocycles. The molecule has 0 atom stereocenters. The minimum atomic E-state index is 0.577. The van der Waals surface area contributed by atoms with Crippen LogP contribution in [0.25, 0.3) is 121 Å². The molecule has 0 radical (unpaired) electrons. The molecular weight excluding hydrogens is 731 g/mol. The van der Waals surface area contributed by atoms with Crippen LogP contribution in [0.1, 0.15) is 0 Å². The summed E-state index contributed by atoms with van der Waals surface area (Å²) in [7, 11) is 0. The van der Waals surface area contributed by atoms with Gasteiger partial charge in [0, 0.05) is 59.9 Å². The molecule has 0 saturated carbocycles. The van der Waals surface area contributed by atoms with Crippen molar-refractivity contribution in [1.82, 2.24) is 24.1 Å². The van der Waals surface area contributed by atoms with Crippen LogP contribution in [-0.2, 0) is 0 Å². The van der Waals surface area contributed by atoms with E-state index in [4.69, 9.17) is 15.0 Å². The Morgan fingerprint density at radius 3 is 1.42 bits per heavy atom. The zero-order chi connectivity index (χ0) is 39.3. The Morgan fingerprint density at radius 2 is 0.767 bits per heavy atom. The van der Waals surface area contributed by atoms with Gasteiger partial charge >= 0.3 is 0 Å². The van der Waals surface area contributed by atoms with E-state index >= 15 is 0 Å². The number of aromatic nitrogens is 5. The van der Waals surface area contributed by atoms with Gasteiger partial charge in [0.05, 0.1) is 22.1 Å². The van der Waals surface area contributed by atoms with Gasteiger partial charge in [-0.05, 0) is 45.8 Å². The monoisotopic (exact) mass is 763 g/mol.